The van der Waals surface area contributed by atoms with Crippen molar-refractivity contribution < 1.29 is 23.5 Å². The maximum Gasteiger partial charge on any atom is 0.260 e. The van der Waals surface area contributed by atoms with E-state index in [-0.39, 0.29) is 35.5 Å². The predicted octanol–water partition coefficient (Wildman–Crippen LogP) is 7.73. The number of hydrogen-bond acceptors (Lipinski definition) is 6. The minimum absolute atomic E-state index is 0.163. The molecule has 1 saturated heterocycles. The summed E-state index contributed by atoms with van der Waals surface area (Å²) < 4.78 is 28.6. The fourth-order valence-corrected chi connectivity index (χ4v) is 7.84. The summed E-state index contributed by atoms with van der Waals surface area (Å²) in [5, 5.41) is 10.5. The third kappa shape index (κ3) is 7.61. The van der Waals surface area contributed by atoms with E-state index in [9.17, 15) is 14.9 Å². The third-order valence-corrected chi connectivity index (χ3v) is 11.3. The second kappa shape index (κ2) is 16.1. The number of benzene rings is 4. The molecule has 282 valence electrons. The van der Waals surface area contributed by atoms with Gasteiger partial charge in [-0.15, -0.1) is 0 Å². The Kier molecular flexibility index (Phi) is 11.1. The normalized spacial score (nSPS) is 15.7. The van der Waals surface area contributed by atoms with E-state index in [4.69, 9.17) is 21.1 Å². The largest absolute Gasteiger partial charge is 0.496 e. The standard InChI is InChI=1S/C44H43ClFN5O4/c1-28-31(10-7-11-42(28)54-4)25-50(35-14-12-34(45)13-15-35)43(52)37-23-41(48(3)29(37)2)38-22-40(46)33(24-47)21-39(38)44(53)51-26-32-9-6-5-8-30(32)20-36(51)27-49-16-18-55-19-17-49/h5-15,21-23,36H,16-20,25-27H2,1-4H3/t36-/m0/s1. The topological polar surface area (TPSA) is 91.0 Å². The first-order valence-corrected chi connectivity index (χ1v) is 18.7. The number of fused-ring (bicyclic) bond motifs is 1. The van der Waals surface area contributed by atoms with E-state index in [2.05, 4.69) is 11.0 Å². The van der Waals surface area contributed by atoms with Crippen LogP contribution < -0.4 is 9.64 Å². The van der Waals surface area contributed by atoms with Gasteiger partial charge in [-0.25, -0.2) is 4.39 Å². The number of nitriles is 1. The lowest BCUT2D eigenvalue weighted by Crippen LogP contribution is -2.52. The smallest absolute Gasteiger partial charge is 0.260 e. The lowest BCUT2D eigenvalue weighted by atomic mass is 9.91. The number of halogens is 2. The first-order chi connectivity index (χ1) is 26.6. The van der Waals surface area contributed by atoms with Gasteiger partial charge in [0.15, 0.2) is 0 Å². The molecule has 1 aromatic heterocycles. The summed E-state index contributed by atoms with van der Waals surface area (Å²) >= 11 is 6.26. The summed E-state index contributed by atoms with van der Waals surface area (Å²) in [4.78, 5) is 35.5. The van der Waals surface area contributed by atoms with E-state index >= 15 is 4.39 Å². The van der Waals surface area contributed by atoms with Crippen LogP contribution in [0.2, 0.25) is 5.02 Å². The summed E-state index contributed by atoms with van der Waals surface area (Å²) in [6, 6.07) is 27.0. The Labute approximate surface area is 326 Å². The van der Waals surface area contributed by atoms with Crippen LogP contribution in [0.5, 0.6) is 5.75 Å². The Bertz CT molecular complexity index is 2290. The van der Waals surface area contributed by atoms with Gasteiger partial charge in [0.2, 0.25) is 0 Å². The van der Waals surface area contributed by atoms with E-state index in [0.717, 1.165) is 29.8 Å². The summed E-state index contributed by atoms with van der Waals surface area (Å²) in [5.74, 6) is -0.624. The van der Waals surface area contributed by atoms with E-state index in [0.29, 0.717) is 71.7 Å². The molecule has 0 radical (unpaired) electrons. The monoisotopic (exact) mass is 759 g/mol. The molecule has 2 amide bonds. The van der Waals surface area contributed by atoms with Crippen molar-refractivity contribution in [2.45, 2.75) is 39.4 Å². The first-order valence-electron chi connectivity index (χ1n) is 18.4. The molecule has 0 bridgehead atoms. The number of anilines is 1. The van der Waals surface area contributed by atoms with E-state index < -0.39 is 5.82 Å². The van der Waals surface area contributed by atoms with Crippen LogP contribution in [0.4, 0.5) is 10.1 Å². The molecule has 1 atom stereocenters. The van der Waals surface area contributed by atoms with E-state index in [1.54, 1.807) is 54.0 Å². The summed E-state index contributed by atoms with van der Waals surface area (Å²) in [6.07, 6.45) is 0.663. The van der Waals surface area contributed by atoms with Crippen molar-refractivity contribution in [3.8, 4) is 23.1 Å². The van der Waals surface area contributed by atoms with Gasteiger partial charge in [0, 0.05) is 66.9 Å². The predicted molar refractivity (Wildman–Crippen MR) is 211 cm³/mol. The molecule has 2 aliphatic rings. The van der Waals surface area contributed by atoms with Gasteiger partial charge >= 0.3 is 0 Å². The van der Waals surface area contributed by atoms with Crippen LogP contribution in [0.25, 0.3) is 11.3 Å². The van der Waals surface area contributed by atoms with Gasteiger partial charge in [0.05, 0.1) is 43.6 Å². The van der Waals surface area contributed by atoms with Gasteiger partial charge in [-0.1, -0.05) is 48.0 Å². The molecule has 4 aromatic carbocycles. The first kappa shape index (κ1) is 37.8. The number of aromatic nitrogens is 1. The minimum Gasteiger partial charge on any atom is -0.496 e. The van der Waals surface area contributed by atoms with Gasteiger partial charge in [0.1, 0.15) is 17.6 Å². The van der Waals surface area contributed by atoms with Crippen LogP contribution in [-0.4, -0.2) is 72.2 Å². The van der Waals surface area contributed by atoms with Gasteiger partial charge in [-0.3, -0.25) is 14.5 Å². The number of rotatable bonds is 9. The van der Waals surface area contributed by atoms with Crippen molar-refractivity contribution >= 4 is 29.1 Å². The van der Waals surface area contributed by atoms with Crippen molar-refractivity contribution in [3.05, 3.63) is 140 Å². The highest BCUT2D eigenvalue weighted by Crippen LogP contribution is 2.35. The molecule has 11 heteroatoms. The maximum atomic E-state index is 15.7. The SMILES string of the molecule is COc1cccc(CN(C(=O)c2cc(-c3cc(F)c(C#N)cc3C(=O)N3Cc4ccccc4C[C@H]3CN3CCOCC3)n(C)c2C)c2ccc(Cl)cc2)c1C. The van der Waals surface area contributed by atoms with Gasteiger partial charge in [-0.2, -0.15) is 5.26 Å². The molecule has 0 spiro atoms. The van der Waals surface area contributed by atoms with Gasteiger partial charge < -0.3 is 23.8 Å². The van der Waals surface area contributed by atoms with Crippen LogP contribution in [0.3, 0.4) is 0 Å². The number of ether oxygens (including phenoxy) is 2. The van der Waals surface area contributed by atoms with Gasteiger partial charge in [-0.05, 0) is 91.1 Å². The van der Waals surface area contributed by atoms with Crippen LogP contribution in [0, 0.1) is 31.0 Å². The van der Waals surface area contributed by atoms with Gasteiger partial charge in [0.25, 0.3) is 11.8 Å². The van der Waals surface area contributed by atoms with Crippen LogP contribution >= 0.6 is 11.6 Å². The Balaban J connectivity index is 1.30. The van der Waals surface area contributed by atoms with Crippen LogP contribution in [-0.2, 0) is 31.3 Å². The van der Waals surface area contributed by atoms with Crippen molar-refractivity contribution in [1.29, 1.82) is 5.26 Å². The van der Waals surface area contributed by atoms with E-state index in [1.807, 2.05) is 61.2 Å². The Hall–Kier alpha value is -5.47. The number of nitrogens with zero attached hydrogens (tertiary/aromatic N) is 5. The average molecular weight is 760 g/mol. The average Bonchev–Trinajstić information content (AvgIpc) is 3.50. The lowest BCUT2D eigenvalue weighted by molar-refractivity contribution is 0.0193. The quantitative estimate of drug-likeness (QED) is 0.153. The van der Waals surface area contributed by atoms with Crippen molar-refractivity contribution in [1.82, 2.24) is 14.4 Å². The molecule has 1 fully saturated rings. The number of carbonyl (C=O) groups excluding carboxylic acids is 2. The minimum atomic E-state index is -0.745. The van der Waals surface area contributed by atoms with Crippen LogP contribution in [0.15, 0.2) is 84.9 Å². The second-order valence-electron chi connectivity index (χ2n) is 14.2. The molecule has 7 rings (SSSR count). The fraction of sp³-hybridized carbons (Fsp3) is 0.295. The molecule has 9 nitrogen and oxygen atoms in total. The zero-order valence-electron chi connectivity index (χ0n) is 31.4. The molecule has 0 saturated carbocycles. The van der Waals surface area contributed by atoms with Crippen LogP contribution in [0.1, 0.15) is 54.2 Å². The highest BCUT2D eigenvalue weighted by molar-refractivity contribution is 6.30. The van der Waals surface area contributed by atoms with Crippen molar-refractivity contribution in [2.24, 2.45) is 7.05 Å². The number of morpholine rings is 1. The molecule has 3 heterocycles. The number of carbonyl (C=O) groups is 2. The maximum absolute atomic E-state index is 15.7. The third-order valence-electron chi connectivity index (χ3n) is 11.0. The highest BCUT2D eigenvalue weighted by atomic mass is 35.5. The fourth-order valence-electron chi connectivity index (χ4n) is 7.72. The number of amides is 2. The Morgan fingerprint density at radius 3 is 2.42 bits per heavy atom. The molecule has 55 heavy (non-hydrogen) atoms. The number of hydrogen-bond donors (Lipinski definition) is 0. The Morgan fingerprint density at radius 2 is 1.71 bits per heavy atom. The zero-order chi connectivity index (χ0) is 38.8. The Morgan fingerprint density at radius 1 is 0.982 bits per heavy atom. The molecule has 0 unspecified atom stereocenters. The van der Waals surface area contributed by atoms with Crippen molar-refractivity contribution in [3.63, 3.8) is 0 Å². The number of methoxy groups -OCH3 is 1. The molecule has 5 aromatic rings. The highest BCUT2D eigenvalue weighted by Gasteiger charge is 2.34. The van der Waals surface area contributed by atoms with E-state index in [1.165, 1.54) is 17.7 Å². The molecular formula is C44H43ClFN5O4. The molecule has 0 aliphatic carbocycles. The zero-order valence-corrected chi connectivity index (χ0v) is 32.2. The molecule has 2 aliphatic heterocycles. The summed E-state index contributed by atoms with van der Waals surface area (Å²) in [5.41, 5.74) is 6.45. The molecule has 0 N–H and O–H groups in total. The van der Waals surface area contributed by atoms with Crippen molar-refractivity contribution in [2.75, 3.05) is 44.9 Å². The summed E-state index contributed by atoms with van der Waals surface area (Å²) in [7, 11) is 3.41. The second-order valence-corrected chi connectivity index (χ2v) is 14.6. The molecular weight excluding hydrogens is 717 g/mol. The summed E-state index contributed by atoms with van der Waals surface area (Å²) in [6.45, 7) is 7.85. The lowest BCUT2D eigenvalue weighted by Gasteiger charge is -2.40.